The van der Waals surface area contributed by atoms with Crippen molar-refractivity contribution in [1.82, 2.24) is 5.32 Å². The lowest BCUT2D eigenvalue weighted by atomic mass is 10.0. The fourth-order valence-corrected chi connectivity index (χ4v) is 3.12. The molecule has 1 amide bonds. The van der Waals surface area contributed by atoms with E-state index in [-0.39, 0.29) is 30.3 Å². The first-order chi connectivity index (χ1) is 11.4. The van der Waals surface area contributed by atoms with Gasteiger partial charge in [-0.25, -0.2) is 4.39 Å². The zero-order valence-electron chi connectivity index (χ0n) is 13.6. The zero-order valence-corrected chi connectivity index (χ0v) is 14.4. The summed E-state index contributed by atoms with van der Waals surface area (Å²) in [5.41, 5.74) is 0.523. The van der Waals surface area contributed by atoms with Crippen molar-refractivity contribution in [3.63, 3.8) is 0 Å². The second-order valence-corrected chi connectivity index (χ2v) is 6.97. The second kappa shape index (κ2) is 8.17. The van der Waals surface area contributed by atoms with Crippen LogP contribution in [0.15, 0.2) is 36.4 Å². The van der Waals surface area contributed by atoms with Crippen molar-refractivity contribution >= 4 is 23.0 Å². The molecule has 0 radical (unpaired) electrons. The maximum Gasteiger partial charge on any atom is 0.220 e. The van der Waals surface area contributed by atoms with E-state index >= 15 is 0 Å². The van der Waals surface area contributed by atoms with Gasteiger partial charge < -0.3 is 10.4 Å². The van der Waals surface area contributed by atoms with Crippen LogP contribution in [-0.2, 0) is 4.79 Å². The molecule has 0 aliphatic carbocycles. The van der Waals surface area contributed by atoms with E-state index in [4.69, 9.17) is 0 Å². The molecule has 0 fully saturated rings. The molecule has 24 heavy (non-hydrogen) atoms. The zero-order chi connectivity index (χ0) is 17.7. The fourth-order valence-electron chi connectivity index (χ4n) is 2.29. The van der Waals surface area contributed by atoms with Crippen LogP contribution in [-0.4, -0.2) is 22.8 Å². The predicted octanol–water partition coefficient (Wildman–Crippen LogP) is 3.40. The quantitative estimate of drug-likeness (QED) is 0.753. The maximum absolute atomic E-state index is 12.9. The Hall–Kier alpha value is -2.05. The first-order valence-corrected chi connectivity index (χ1v) is 8.51. The molecule has 0 bridgehead atoms. The molecule has 1 aromatic carbocycles. The molecule has 2 atom stereocenters. The van der Waals surface area contributed by atoms with Crippen LogP contribution in [0, 0.1) is 12.7 Å². The Kier molecular flexibility index (Phi) is 6.23. The number of benzene rings is 1. The van der Waals surface area contributed by atoms with E-state index in [2.05, 4.69) is 5.32 Å². The summed E-state index contributed by atoms with van der Waals surface area (Å²) in [5, 5.41) is 12.9. The normalized spacial score (nSPS) is 13.3. The van der Waals surface area contributed by atoms with Crippen LogP contribution in [0.4, 0.5) is 4.39 Å². The maximum atomic E-state index is 12.9. The average molecular weight is 349 g/mol. The first-order valence-electron chi connectivity index (χ1n) is 7.69. The summed E-state index contributed by atoms with van der Waals surface area (Å²) in [5.74, 6) is -0.745. The minimum atomic E-state index is -0.940. The van der Waals surface area contributed by atoms with Gasteiger partial charge in [0.25, 0.3) is 0 Å². The summed E-state index contributed by atoms with van der Waals surface area (Å²) >= 11 is 1.41. The van der Waals surface area contributed by atoms with E-state index < -0.39 is 12.1 Å². The number of aliphatic hydroxyl groups excluding tert-OH is 1. The van der Waals surface area contributed by atoms with Crippen LogP contribution < -0.4 is 5.32 Å². The van der Waals surface area contributed by atoms with Gasteiger partial charge in [0.05, 0.1) is 17.0 Å². The van der Waals surface area contributed by atoms with Crippen molar-refractivity contribution in [1.29, 1.82) is 0 Å². The monoisotopic (exact) mass is 349 g/mol. The number of amides is 1. The Morgan fingerprint density at radius 1 is 1.17 bits per heavy atom. The van der Waals surface area contributed by atoms with Gasteiger partial charge in [0.15, 0.2) is 5.78 Å². The van der Waals surface area contributed by atoms with Crippen LogP contribution in [0.2, 0.25) is 0 Å². The number of aryl methyl sites for hydroxylation is 1. The van der Waals surface area contributed by atoms with Crippen molar-refractivity contribution in [2.75, 3.05) is 0 Å². The van der Waals surface area contributed by atoms with E-state index in [1.807, 2.05) is 13.0 Å². The Bertz CT molecular complexity index is 711. The highest BCUT2D eigenvalue weighted by atomic mass is 32.1. The Morgan fingerprint density at radius 2 is 1.83 bits per heavy atom. The molecule has 4 nitrogen and oxygen atoms in total. The third-order valence-electron chi connectivity index (χ3n) is 3.67. The van der Waals surface area contributed by atoms with E-state index in [0.29, 0.717) is 10.4 Å². The standard InChI is InChI=1S/C18H20FNO3S/c1-11-3-9-16(24-11)15(21)8-10-17(22)20-12(2)18(23)13-4-6-14(19)7-5-13/h3-7,9,12,18,23H,8,10H2,1-2H3,(H,20,22). The lowest BCUT2D eigenvalue weighted by molar-refractivity contribution is -0.122. The molecule has 0 aliphatic heterocycles. The minimum Gasteiger partial charge on any atom is -0.386 e. The summed E-state index contributed by atoms with van der Waals surface area (Å²) in [6, 6.07) is 8.57. The third-order valence-corrected chi connectivity index (χ3v) is 4.71. The molecule has 2 rings (SSSR count). The van der Waals surface area contributed by atoms with Gasteiger partial charge in [0, 0.05) is 17.7 Å². The van der Waals surface area contributed by atoms with Crippen molar-refractivity contribution in [2.24, 2.45) is 0 Å². The number of aliphatic hydroxyl groups is 1. The highest BCUT2D eigenvalue weighted by Crippen LogP contribution is 2.19. The van der Waals surface area contributed by atoms with Gasteiger partial charge in [0.1, 0.15) is 5.82 Å². The molecule has 128 valence electrons. The molecular formula is C18H20FNO3S. The van der Waals surface area contributed by atoms with Gasteiger partial charge in [-0.05, 0) is 43.7 Å². The predicted molar refractivity (Wildman–Crippen MR) is 91.6 cm³/mol. The number of halogens is 1. The number of hydrogen-bond acceptors (Lipinski definition) is 4. The van der Waals surface area contributed by atoms with E-state index in [1.54, 1.807) is 13.0 Å². The minimum absolute atomic E-state index is 0.0602. The number of thiophene rings is 1. The number of carbonyl (C=O) groups excluding carboxylic acids is 2. The van der Waals surface area contributed by atoms with Crippen molar-refractivity contribution in [3.8, 4) is 0 Å². The summed E-state index contributed by atoms with van der Waals surface area (Å²) in [6.45, 7) is 3.59. The van der Waals surface area contributed by atoms with E-state index in [1.165, 1.54) is 35.6 Å². The number of rotatable bonds is 7. The highest BCUT2D eigenvalue weighted by Gasteiger charge is 2.19. The molecule has 6 heteroatoms. The smallest absolute Gasteiger partial charge is 0.220 e. The van der Waals surface area contributed by atoms with Crippen molar-refractivity contribution in [2.45, 2.75) is 38.8 Å². The van der Waals surface area contributed by atoms with Gasteiger partial charge in [-0.3, -0.25) is 9.59 Å². The molecule has 0 saturated carbocycles. The van der Waals surface area contributed by atoms with E-state index in [9.17, 15) is 19.1 Å². The van der Waals surface area contributed by atoms with Gasteiger partial charge >= 0.3 is 0 Å². The van der Waals surface area contributed by atoms with Crippen molar-refractivity contribution < 1.29 is 19.1 Å². The Morgan fingerprint density at radius 3 is 2.42 bits per heavy atom. The number of nitrogens with one attached hydrogen (secondary N) is 1. The lowest BCUT2D eigenvalue weighted by Crippen LogP contribution is -2.37. The third kappa shape index (κ3) is 4.97. The molecule has 2 unspecified atom stereocenters. The van der Waals surface area contributed by atoms with Crippen LogP contribution in [0.3, 0.4) is 0 Å². The highest BCUT2D eigenvalue weighted by molar-refractivity contribution is 7.14. The fraction of sp³-hybridized carbons (Fsp3) is 0.333. The van der Waals surface area contributed by atoms with E-state index in [0.717, 1.165) is 4.88 Å². The summed E-state index contributed by atoms with van der Waals surface area (Å²) in [4.78, 5) is 25.6. The molecule has 0 saturated heterocycles. The average Bonchev–Trinajstić information content (AvgIpc) is 2.99. The topological polar surface area (TPSA) is 66.4 Å². The number of carbonyl (C=O) groups is 2. The van der Waals surface area contributed by atoms with Crippen LogP contribution in [0.5, 0.6) is 0 Å². The second-order valence-electron chi connectivity index (χ2n) is 5.69. The Labute approximate surface area is 144 Å². The largest absolute Gasteiger partial charge is 0.386 e. The van der Waals surface area contributed by atoms with Crippen LogP contribution in [0.1, 0.15) is 46.0 Å². The molecule has 2 N–H and O–H groups in total. The molecule has 1 aromatic heterocycles. The molecule has 1 heterocycles. The van der Waals surface area contributed by atoms with Crippen LogP contribution in [0.25, 0.3) is 0 Å². The summed E-state index contributed by atoms with van der Waals surface area (Å²) in [6.07, 6.45) is -0.744. The SMILES string of the molecule is Cc1ccc(C(=O)CCC(=O)NC(C)C(O)c2ccc(F)cc2)s1. The Balaban J connectivity index is 1.82. The van der Waals surface area contributed by atoms with Gasteiger partial charge in [-0.1, -0.05) is 12.1 Å². The number of ketones is 1. The summed E-state index contributed by atoms with van der Waals surface area (Å²) in [7, 11) is 0. The molecule has 0 aliphatic rings. The molecule has 2 aromatic rings. The number of Topliss-reactive ketones (excluding diaryl/α,β-unsaturated/α-hetero) is 1. The van der Waals surface area contributed by atoms with Gasteiger partial charge in [-0.15, -0.1) is 11.3 Å². The first kappa shape index (κ1) is 18.3. The number of hydrogen-bond donors (Lipinski definition) is 2. The van der Waals surface area contributed by atoms with Crippen LogP contribution >= 0.6 is 11.3 Å². The summed E-state index contributed by atoms with van der Waals surface area (Å²) < 4.78 is 12.9. The van der Waals surface area contributed by atoms with Gasteiger partial charge in [0.2, 0.25) is 5.91 Å². The molecular weight excluding hydrogens is 329 g/mol. The molecule has 0 spiro atoms. The lowest BCUT2D eigenvalue weighted by Gasteiger charge is -2.20. The van der Waals surface area contributed by atoms with Crippen molar-refractivity contribution in [3.05, 3.63) is 57.5 Å². The van der Waals surface area contributed by atoms with Gasteiger partial charge in [-0.2, -0.15) is 0 Å².